The van der Waals surface area contributed by atoms with Gasteiger partial charge in [0.1, 0.15) is 12.6 Å². The molecule has 1 aromatic carbocycles. The van der Waals surface area contributed by atoms with Gasteiger partial charge in [-0.2, -0.15) is 0 Å². The lowest BCUT2D eigenvalue weighted by Gasteiger charge is -2.39. The van der Waals surface area contributed by atoms with Gasteiger partial charge in [0, 0.05) is 44.7 Å². The van der Waals surface area contributed by atoms with Gasteiger partial charge >= 0.3 is 0 Å². The van der Waals surface area contributed by atoms with Gasteiger partial charge in [0.05, 0.1) is 31.4 Å². The molecule has 2 aromatic rings. The predicted octanol–water partition coefficient (Wildman–Crippen LogP) is 1.80. The summed E-state index contributed by atoms with van der Waals surface area (Å²) in [6.45, 7) is 2.92. The second-order valence-electron chi connectivity index (χ2n) is 11.2. The molecule has 0 spiro atoms. The fourth-order valence-corrected chi connectivity index (χ4v) is 5.89. The molecule has 0 radical (unpaired) electrons. The summed E-state index contributed by atoms with van der Waals surface area (Å²) in [5.41, 5.74) is 0.430. The number of nitrogens with one attached hydrogen (secondary N) is 2. The number of aliphatic hydroxyl groups excluding tert-OH is 1. The monoisotopic (exact) mass is 607 g/mol. The molecule has 3 amide bonds. The predicted molar refractivity (Wildman–Crippen MR) is 156 cm³/mol. The first kappa shape index (κ1) is 32.6. The summed E-state index contributed by atoms with van der Waals surface area (Å²) < 4.78 is 41.0. The van der Waals surface area contributed by atoms with E-state index in [9.17, 15) is 23.2 Å². The van der Waals surface area contributed by atoms with E-state index >= 15 is 0 Å². The van der Waals surface area contributed by atoms with E-state index in [4.69, 9.17) is 14.6 Å². The maximum atomic E-state index is 14.2. The van der Waals surface area contributed by atoms with E-state index < -0.39 is 29.6 Å². The van der Waals surface area contributed by atoms with Crippen LogP contribution in [0.4, 0.5) is 8.78 Å². The van der Waals surface area contributed by atoms with Gasteiger partial charge in [-0.1, -0.05) is 19.3 Å². The Balaban J connectivity index is 1.50. The van der Waals surface area contributed by atoms with Crippen molar-refractivity contribution in [3.8, 4) is 5.75 Å². The van der Waals surface area contributed by atoms with E-state index in [0.717, 1.165) is 44.2 Å². The van der Waals surface area contributed by atoms with Crippen LogP contribution >= 0.6 is 0 Å². The van der Waals surface area contributed by atoms with Crippen molar-refractivity contribution in [2.75, 3.05) is 59.7 Å². The number of piperazine rings is 1. The number of fused-ring (bicyclic) bond motifs is 1. The van der Waals surface area contributed by atoms with Crippen molar-refractivity contribution in [3.63, 3.8) is 0 Å². The molecule has 1 saturated carbocycles. The van der Waals surface area contributed by atoms with Crippen LogP contribution in [0.1, 0.15) is 49.5 Å². The number of likely N-dealkylation sites (N-methyl/N-ethyl adjacent to an activating group) is 1. The number of carbonyl (C=O) groups excluding carboxylic acids is 3. The number of ether oxygens (including phenoxy) is 2. The molecule has 0 bridgehead atoms. The van der Waals surface area contributed by atoms with Gasteiger partial charge in [0.15, 0.2) is 23.1 Å². The average molecular weight is 608 g/mol. The fourth-order valence-electron chi connectivity index (χ4n) is 5.89. The second-order valence-corrected chi connectivity index (χ2v) is 11.2. The highest BCUT2D eigenvalue weighted by molar-refractivity contribution is 6.04. The Hall–Kier alpha value is -3.29. The summed E-state index contributed by atoms with van der Waals surface area (Å²) in [4.78, 5) is 43.6. The molecule has 238 valence electrons. The summed E-state index contributed by atoms with van der Waals surface area (Å²) in [6, 6.07) is 0.980. The minimum atomic E-state index is -1.06. The van der Waals surface area contributed by atoms with Crippen LogP contribution in [-0.4, -0.2) is 109 Å². The average Bonchev–Trinajstić information content (AvgIpc) is 3.28. The highest BCUT2D eigenvalue weighted by atomic mass is 19.2. The summed E-state index contributed by atoms with van der Waals surface area (Å²) in [6.07, 6.45) is 4.90. The Kier molecular flexibility index (Phi) is 11.3. The zero-order chi connectivity index (χ0) is 31.1. The number of benzene rings is 1. The minimum absolute atomic E-state index is 0.0289. The Morgan fingerprint density at radius 1 is 1.00 bits per heavy atom. The van der Waals surface area contributed by atoms with Crippen molar-refractivity contribution in [1.29, 1.82) is 0 Å². The van der Waals surface area contributed by atoms with Crippen LogP contribution < -0.4 is 15.4 Å². The molecular weight excluding hydrogens is 564 g/mol. The number of amides is 3. The molecule has 2 fully saturated rings. The Morgan fingerprint density at radius 2 is 1.65 bits per heavy atom. The Bertz CT molecular complexity index is 1290. The third kappa shape index (κ3) is 7.44. The first-order chi connectivity index (χ1) is 20.7. The maximum Gasteiger partial charge on any atom is 0.274 e. The van der Waals surface area contributed by atoms with Crippen molar-refractivity contribution in [3.05, 3.63) is 29.5 Å². The molecule has 1 unspecified atom stereocenters. The molecule has 13 heteroatoms. The topological polar surface area (TPSA) is 125 Å². The number of carbonyl (C=O) groups is 3. The van der Waals surface area contributed by atoms with Crippen molar-refractivity contribution in [2.45, 2.75) is 51.1 Å². The third-order valence-corrected chi connectivity index (χ3v) is 8.50. The van der Waals surface area contributed by atoms with Crippen LogP contribution in [-0.2, 0) is 21.4 Å². The first-order valence-electron chi connectivity index (χ1n) is 15.0. The van der Waals surface area contributed by atoms with Crippen molar-refractivity contribution in [1.82, 2.24) is 25.0 Å². The SMILES string of the molecule is CN[C@@H](C)C(=O)NC(C(=O)N1CCN(C(=O)c2c(OCCOCCO)c3cc(F)c(F)cc3n2C)CC1)C1CCCCC1. The zero-order valence-electron chi connectivity index (χ0n) is 25.2. The molecule has 43 heavy (non-hydrogen) atoms. The number of hydrogen-bond donors (Lipinski definition) is 3. The van der Waals surface area contributed by atoms with E-state index in [0.29, 0.717) is 5.52 Å². The molecule has 3 N–H and O–H groups in total. The van der Waals surface area contributed by atoms with Gasteiger partial charge in [-0.15, -0.1) is 0 Å². The van der Waals surface area contributed by atoms with E-state index in [2.05, 4.69) is 10.6 Å². The maximum absolute atomic E-state index is 14.2. The quantitative estimate of drug-likeness (QED) is 0.315. The number of aryl methyl sites for hydroxylation is 1. The molecule has 2 atom stereocenters. The largest absolute Gasteiger partial charge is 0.488 e. The third-order valence-electron chi connectivity index (χ3n) is 8.50. The molecule has 1 aliphatic carbocycles. The van der Waals surface area contributed by atoms with Crippen LogP contribution in [0.3, 0.4) is 0 Å². The van der Waals surface area contributed by atoms with E-state index in [-0.39, 0.29) is 87.2 Å². The van der Waals surface area contributed by atoms with Crippen LogP contribution in [0.2, 0.25) is 0 Å². The Labute approximate surface area is 250 Å². The molecule has 2 aliphatic rings. The number of halogens is 2. The van der Waals surface area contributed by atoms with Crippen molar-refractivity contribution >= 4 is 28.6 Å². The lowest BCUT2D eigenvalue weighted by molar-refractivity contribution is -0.140. The normalized spacial score (nSPS) is 17.6. The summed E-state index contributed by atoms with van der Waals surface area (Å²) in [7, 11) is 3.29. The highest BCUT2D eigenvalue weighted by Crippen LogP contribution is 2.35. The molecular formula is C30H43F2N5O6. The number of aliphatic hydroxyl groups is 1. The zero-order valence-corrected chi connectivity index (χ0v) is 25.2. The van der Waals surface area contributed by atoms with Crippen LogP contribution in [0, 0.1) is 17.6 Å². The van der Waals surface area contributed by atoms with Crippen LogP contribution in [0.25, 0.3) is 10.9 Å². The summed E-state index contributed by atoms with van der Waals surface area (Å²) in [5.74, 6) is -2.68. The number of hydrogen-bond acceptors (Lipinski definition) is 7. The van der Waals surface area contributed by atoms with Gasteiger partial charge in [-0.05, 0) is 38.8 Å². The van der Waals surface area contributed by atoms with Crippen molar-refractivity contribution in [2.24, 2.45) is 13.0 Å². The summed E-state index contributed by atoms with van der Waals surface area (Å²) in [5, 5.41) is 15.1. The van der Waals surface area contributed by atoms with E-state index in [1.807, 2.05) is 0 Å². The van der Waals surface area contributed by atoms with Gasteiger partial charge in [-0.3, -0.25) is 14.4 Å². The fraction of sp³-hybridized carbons (Fsp3) is 0.633. The van der Waals surface area contributed by atoms with Gasteiger partial charge in [0.25, 0.3) is 5.91 Å². The molecule has 1 aliphatic heterocycles. The molecule has 1 aromatic heterocycles. The van der Waals surface area contributed by atoms with Gasteiger partial charge < -0.3 is 39.6 Å². The van der Waals surface area contributed by atoms with Crippen LogP contribution in [0.15, 0.2) is 12.1 Å². The minimum Gasteiger partial charge on any atom is -0.488 e. The van der Waals surface area contributed by atoms with E-state index in [1.165, 1.54) is 4.57 Å². The Morgan fingerprint density at radius 3 is 2.30 bits per heavy atom. The van der Waals surface area contributed by atoms with Crippen LogP contribution in [0.5, 0.6) is 5.75 Å². The number of nitrogens with zero attached hydrogens (tertiary/aromatic N) is 3. The molecule has 11 nitrogen and oxygen atoms in total. The lowest BCUT2D eigenvalue weighted by atomic mass is 9.83. The molecule has 2 heterocycles. The standard InChI is InChI=1S/C30H43F2N5O6/c1-19(33-2)28(39)34-25(20-7-5-4-6-8-20)29(40)36-9-11-37(12-10-36)30(41)26-27(43-16-15-42-14-13-38)21-17-22(31)23(32)18-24(21)35(26)3/h17-20,25,33,38H,4-16H2,1-3H3,(H,34,39)/t19-,25?/m0/s1. The first-order valence-corrected chi connectivity index (χ1v) is 15.0. The van der Waals surface area contributed by atoms with Gasteiger partial charge in [-0.25, -0.2) is 8.78 Å². The number of aromatic nitrogens is 1. The highest BCUT2D eigenvalue weighted by Gasteiger charge is 2.37. The molecule has 1 saturated heterocycles. The van der Waals surface area contributed by atoms with Crippen molar-refractivity contribution < 1.29 is 37.7 Å². The van der Waals surface area contributed by atoms with E-state index in [1.54, 1.807) is 30.8 Å². The second kappa shape index (κ2) is 14.9. The number of rotatable bonds is 12. The lowest BCUT2D eigenvalue weighted by Crippen LogP contribution is -2.59. The molecule has 4 rings (SSSR count). The summed E-state index contributed by atoms with van der Waals surface area (Å²) >= 11 is 0. The smallest absolute Gasteiger partial charge is 0.274 e. The van der Waals surface area contributed by atoms with Gasteiger partial charge in [0.2, 0.25) is 11.8 Å².